The molecule has 0 atom stereocenters. The third-order valence-corrected chi connectivity index (χ3v) is 3.74. The summed E-state index contributed by atoms with van der Waals surface area (Å²) in [4.78, 5) is 23.5. The number of rotatable bonds is 6. The van der Waals surface area contributed by atoms with Crippen molar-refractivity contribution < 1.29 is 19.8 Å². The van der Waals surface area contributed by atoms with Gasteiger partial charge >= 0.3 is 0 Å². The molecule has 0 saturated carbocycles. The Balaban J connectivity index is 1.79. The summed E-state index contributed by atoms with van der Waals surface area (Å²) in [5, 5.41) is 25.8. The highest BCUT2D eigenvalue weighted by Crippen LogP contribution is 2.25. The normalized spacial score (nSPS) is 10.7. The second-order valence-electron chi connectivity index (χ2n) is 5.21. The second-order valence-corrected chi connectivity index (χ2v) is 6.05. The molecule has 2 amide bonds. The Morgan fingerprint density at radius 2 is 1.77 bits per heavy atom. The molecule has 26 heavy (non-hydrogen) atoms. The number of anilines is 1. The quantitative estimate of drug-likeness (QED) is 0.444. The molecule has 0 aromatic heterocycles. The zero-order chi connectivity index (χ0) is 19.1. The molecule has 136 valence electrons. The van der Waals surface area contributed by atoms with E-state index < -0.39 is 5.91 Å². The number of carbonyl (C=O) groups excluding carboxylic acids is 2. The molecular formula is C17H15Cl2N3O4. The summed E-state index contributed by atoms with van der Waals surface area (Å²) in [6.07, 6.45) is 1.07. The van der Waals surface area contributed by atoms with Gasteiger partial charge in [-0.15, -0.1) is 0 Å². The van der Waals surface area contributed by atoms with Gasteiger partial charge in [0.1, 0.15) is 11.5 Å². The van der Waals surface area contributed by atoms with Crippen LogP contribution in [0.4, 0.5) is 5.69 Å². The molecule has 0 aliphatic heterocycles. The van der Waals surface area contributed by atoms with Crippen LogP contribution in [0.15, 0.2) is 41.5 Å². The Kier molecular flexibility index (Phi) is 6.82. The topological polar surface area (TPSA) is 111 Å². The third-order valence-electron chi connectivity index (χ3n) is 3.19. The van der Waals surface area contributed by atoms with E-state index in [1.807, 2.05) is 0 Å². The van der Waals surface area contributed by atoms with Gasteiger partial charge in [0.2, 0.25) is 11.8 Å². The number of nitrogens with one attached hydrogen (secondary N) is 2. The summed E-state index contributed by atoms with van der Waals surface area (Å²) in [5.74, 6) is -1.13. The van der Waals surface area contributed by atoms with Crippen LogP contribution in [-0.4, -0.2) is 28.2 Å². The predicted octanol–water partition coefficient (Wildman–Crippen LogP) is 3.27. The lowest BCUT2D eigenvalue weighted by Gasteiger charge is -2.07. The van der Waals surface area contributed by atoms with Gasteiger partial charge in [-0.3, -0.25) is 9.59 Å². The van der Waals surface area contributed by atoms with E-state index in [9.17, 15) is 19.8 Å². The molecule has 9 heteroatoms. The smallest absolute Gasteiger partial charge is 0.240 e. The van der Waals surface area contributed by atoms with E-state index in [0.717, 1.165) is 6.07 Å². The molecule has 2 aromatic carbocycles. The van der Waals surface area contributed by atoms with Crippen molar-refractivity contribution in [3.8, 4) is 11.5 Å². The highest BCUT2D eigenvalue weighted by Gasteiger charge is 2.09. The molecule has 0 unspecified atom stereocenters. The fourth-order valence-electron chi connectivity index (χ4n) is 1.90. The number of amides is 2. The highest BCUT2D eigenvalue weighted by molar-refractivity contribution is 6.36. The molecule has 0 heterocycles. The second kappa shape index (κ2) is 9.07. The standard InChI is InChI=1S/C17H15Cl2N3O4/c18-11-2-4-14(13(19)7-11)21-16(25)5-6-17(26)22-20-9-10-1-3-12(23)8-15(10)24/h1-4,7-9,23-24H,5-6H2,(H,21,25)(H,22,26). The first-order chi connectivity index (χ1) is 12.3. The number of benzene rings is 2. The van der Waals surface area contributed by atoms with Crippen molar-refractivity contribution >= 4 is 46.9 Å². The lowest BCUT2D eigenvalue weighted by atomic mass is 10.2. The van der Waals surface area contributed by atoms with E-state index >= 15 is 0 Å². The van der Waals surface area contributed by atoms with E-state index in [1.54, 1.807) is 12.1 Å². The Labute approximate surface area is 159 Å². The first-order valence-corrected chi connectivity index (χ1v) is 8.19. The predicted molar refractivity (Wildman–Crippen MR) is 99.8 cm³/mol. The molecular weight excluding hydrogens is 381 g/mol. The number of phenolic OH excluding ortho intramolecular Hbond substituents is 2. The van der Waals surface area contributed by atoms with Crippen molar-refractivity contribution in [2.45, 2.75) is 12.8 Å². The molecule has 0 aliphatic carbocycles. The van der Waals surface area contributed by atoms with Gasteiger partial charge < -0.3 is 15.5 Å². The van der Waals surface area contributed by atoms with Gasteiger partial charge in [0.25, 0.3) is 0 Å². The number of halogens is 2. The SMILES string of the molecule is O=C(CCC(=O)Nc1ccc(Cl)cc1Cl)NN=Cc1ccc(O)cc1O. The van der Waals surface area contributed by atoms with Crippen LogP contribution in [0.3, 0.4) is 0 Å². The largest absolute Gasteiger partial charge is 0.508 e. The van der Waals surface area contributed by atoms with Gasteiger partial charge in [0.05, 0.1) is 16.9 Å². The summed E-state index contributed by atoms with van der Waals surface area (Å²) in [7, 11) is 0. The number of carbonyl (C=O) groups is 2. The van der Waals surface area contributed by atoms with Crippen LogP contribution < -0.4 is 10.7 Å². The van der Waals surface area contributed by atoms with Gasteiger partial charge in [-0.25, -0.2) is 5.43 Å². The first kappa shape index (κ1) is 19.6. The minimum Gasteiger partial charge on any atom is -0.508 e. The molecule has 7 nitrogen and oxygen atoms in total. The van der Waals surface area contributed by atoms with Crippen LogP contribution in [0.2, 0.25) is 10.0 Å². The van der Waals surface area contributed by atoms with Gasteiger partial charge in [-0.2, -0.15) is 5.10 Å². The maximum atomic E-state index is 11.8. The van der Waals surface area contributed by atoms with E-state index in [2.05, 4.69) is 15.8 Å². The fourth-order valence-corrected chi connectivity index (χ4v) is 2.36. The average Bonchev–Trinajstić information content (AvgIpc) is 2.57. The van der Waals surface area contributed by atoms with Crippen molar-refractivity contribution in [2.24, 2.45) is 5.10 Å². The summed E-state index contributed by atoms with van der Waals surface area (Å²) in [6.45, 7) is 0. The summed E-state index contributed by atoms with van der Waals surface area (Å²) in [6, 6.07) is 8.60. The number of nitrogens with zero attached hydrogens (tertiary/aromatic N) is 1. The maximum Gasteiger partial charge on any atom is 0.240 e. The molecule has 0 aliphatic rings. The van der Waals surface area contributed by atoms with Crippen molar-refractivity contribution in [3.63, 3.8) is 0 Å². The van der Waals surface area contributed by atoms with E-state index in [1.165, 1.54) is 24.4 Å². The minimum atomic E-state index is -0.475. The lowest BCUT2D eigenvalue weighted by molar-refractivity contribution is -0.124. The van der Waals surface area contributed by atoms with Crippen molar-refractivity contribution in [3.05, 3.63) is 52.0 Å². The fraction of sp³-hybridized carbons (Fsp3) is 0.118. The molecule has 0 fully saturated rings. The molecule has 2 aromatic rings. The maximum absolute atomic E-state index is 11.8. The zero-order valence-corrected chi connectivity index (χ0v) is 14.9. The van der Waals surface area contributed by atoms with Gasteiger partial charge in [0.15, 0.2) is 0 Å². The van der Waals surface area contributed by atoms with E-state index in [0.29, 0.717) is 21.3 Å². The van der Waals surface area contributed by atoms with Gasteiger partial charge in [-0.05, 0) is 30.3 Å². The molecule has 0 radical (unpaired) electrons. The minimum absolute atomic E-state index is 0.0647. The average molecular weight is 396 g/mol. The van der Waals surface area contributed by atoms with Crippen LogP contribution in [0, 0.1) is 0 Å². The van der Waals surface area contributed by atoms with E-state index in [4.69, 9.17) is 23.2 Å². The van der Waals surface area contributed by atoms with Gasteiger partial charge in [-0.1, -0.05) is 23.2 Å². The van der Waals surface area contributed by atoms with Crippen LogP contribution in [-0.2, 0) is 9.59 Å². The third kappa shape index (κ3) is 5.94. The van der Waals surface area contributed by atoms with Gasteiger partial charge in [0, 0.05) is 29.5 Å². The number of phenols is 2. The Morgan fingerprint density at radius 1 is 1.04 bits per heavy atom. The summed E-state index contributed by atoms with van der Waals surface area (Å²) >= 11 is 11.7. The molecule has 0 saturated heterocycles. The van der Waals surface area contributed by atoms with Crippen LogP contribution in [0.1, 0.15) is 18.4 Å². The summed E-state index contributed by atoms with van der Waals surface area (Å²) < 4.78 is 0. The Hall–Kier alpha value is -2.77. The molecule has 0 bridgehead atoms. The highest BCUT2D eigenvalue weighted by atomic mass is 35.5. The number of aromatic hydroxyl groups is 2. The molecule has 4 N–H and O–H groups in total. The van der Waals surface area contributed by atoms with Crippen molar-refractivity contribution in [2.75, 3.05) is 5.32 Å². The van der Waals surface area contributed by atoms with Crippen molar-refractivity contribution in [1.29, 1.82) is 0 Å². The van der Waals surface area contributed by atoms with Crippen LogP contribution >= 0.6 is 23.2 Å². The van der Waals surface area contributed by atoms with E-state index in [-0.39, 0.29) is 30.2 Å². The van der Waals surface area contributed by atoms with Crippen LogP contribution in [0.25, 0.3) is 0 Å². The first-order valence-electron chi connectivity index (χ1n) is 7.44. The number of hydrogen-bond donors (Lipinski definition) is 4. The summed E-state index contributed by atoms with van der Waals surface area (Å²) in [5.41, 5.74) is 2.97. The Morgan fingerprint density at radius 3 is 2.46 bits per heavy atom. The molecule has 0 spiro atoms. The lowest BCUT2D eigenvalue weighted by Crippen LogP contribution is -2.20. The number of hydrogen-bond acceptors (Lipinski definition) is 5. The van der Waals surface area contributed by atoms with Crippen LogP contribution in [0.5, 0.6) is 11.5 Å². The zero-order valence-electron chi connectivity index (χ0n) is 13.4. The molecule has 2 rings (SSSR count). The monoisotopic (exact) mass is 395 g/mol. The Bertz CT molecular complexity index is 856. The number of hydrazone groups is 1. The van der Waals surface area contributed by atoms with Crippen molar-refractivity contribution in [1.82, 2.24) is 5.43 Å².